The number of nitrogens with zero attached hydrogens (tertiary/aromatic N) is 3. The molecule has 6 nitrogen and oxygen atoms in total. The summed E-state index contributed by atoms with van der Waals surface area (Å²) in [6.07, 6.45) is 2.20. The van der Waals surface area contributed by atoms with Crippen LogP contribution in [-0.2, 0) is 23.0 Å². The summed E-state index contributed by atoms with van der Waals surface area (Å²) >= 11 is 4.85. The summed E-state index contributed by atoms with van der Waals surface area (Å²) in [5.74, 6) is 0.102. The Hall–Kier alpha value is -1.64. The zero-order valence-electron chi connectivity index (χ0n) is 19.4. The summed E-state index contributed by atoms with van der Waals surface area (Å²) < 4.78 is 8.38. The largest absolute Gasteiger partial charge is 0.372 e. The SMILES string of the molecule is CCCC(Sc1nc(C)c(Cc2ccc(Br)cc2)c(=O)n1C)C(=O)N1CC(C)OC(C)C1. The highest BCUT2D eigenvalue weighted by Gasteiger charge is 2.31. The predicted octanol–water partition coefficient (Wildman–Crippen LogP) is 4.34. The third-order valence-corrected chi connectivity index (χ3v) is 7.48. The summed E-state index contributed by atoms with van der Waals surface area (Å²) in [6.45, 7) is 9.14. The Bertz CT molecular complexity index is 999. The van der Waals surface area contributed by atoms with Crippen LogP contribution in [0.2, 0.25) is 0 Å². The number of aryl methyl sites for hydroxylation is 1. The monoisotopic (exact) mass is 521 g/mol. The van der Waals surface area contributed by atoms with Crippen LogP contribution < -0.4 is 5.56 Å². The number of benzene rings is 1. The molecule has 0 aliphatic carbocycles. The number of ether oxygens (including phenoxy) is 1. The van der Waals surface area contributed by atoms with Gasteiger partial charge in [0.05, 0.1) is 17.5 Å². The molecule has 0 saturated carbocycles. The number of carbonyl (C=O) groups is 1. The molecule has 1 amide bonds. The minimum Gasteiger partial charge on any atom is -0.372 e. The molecule has 2 aromatic rings. The average molecular weight is 523 g/mol. The number of rotatable bonds is 7. The van der Waals surface area contributed by atoms with Crippen LogP contribution in [0.4, 0.5) is 0 Å². The molecule has 174 valence electrons. The lowest BCUT2D eigenvalue weighted by Crippen LogP contribution is -2.50. The van der Waals surface area contributed by atoms with Crippen LogP contribution in [0.5, 0.6) is 0 Å². The molecule has 2 heterocycles. The first kappa shape index (κ1) is 25.0. The molecule has 0 bridgehead atoms. The first-order chi connectivity index (χ1) is 15.2. The first-order valence-corrected chi connectivity index (χ1v) is 12.8. The normalized spacial score (nSPS) is 19.8. The third kappa shape index (κ3) is 6.02. The van der Waals surface area contributed by atoms with Crippen molar-refractivity contribution in [1.82, 2.24) is 14.5 Å². The van der Waals surface area contributed by atoms with Crippen molar-refractivity contribution >= 4 is 33.6 Å². The zero-order valence-corrected chi connectivity index (χ0v) is 21.8. The van der Waals surface area contributed by atoms with E-state index in [4.69, 9.17) is 9.72 Å². The number of amides is 1. The summed E-state index contributed by atoms with van der Waals surface area (Å²) in [4.78, 5) is 33.1. The van der Waals surface area contributed by atoms with E-state index in [0.717, 1.165) is 28.6 Å². The number of thioether (sulfide) groups is 1. The molecule has 0 radical (unpaired) electrons. The molecule has 1 aliphatic rings. The maximum absolute atomic E-state index is 13.3. The topological polar surface area (TPSA) is 64.4 Å². The van der Waals surface area contributed by atoms with E-state index in [1.807, 2.05) is 49.9 Å². The highest BCUT2D eigenvalue weighted by Crippen LogP contribution is 2.28. The van der Waals surface area contributed by atoms with Gasteiger partial charge in [-0.05, 0) is 44.9 Å². The van der Waals surface area contributed by atoms with Crippen LogP contribution in [0, 0.1) is 6.92 Å². The molecule has 1 fully saturated rings. The van der Waals surface area contributed by atoms with E-state index in [9.17, 15) is 9.59 Å². The molecule has 1 saturated heterocycles. The molecule has 1 aromatic carbocycles. The van der Waals surface area contributed by atoms with Gasteiger partial charge in [-0.25, -0.2) is 4.98 Å². The molecule has 8 heteroatoms. The fourth-order valence-electron chi connectivity index (χ4n) is 4.03. The molecule has 1 aliphatic heterocycles. The van der Waals surface area contributed by atoms with Crippen molar-refractivity contribution in [1.29, 1.82) is 0 Å². The number of hydrogen-bond acceptors (Lipinski definition) is 5. The van der Waals surface area contributed by atoms with Gasteiger partial charge in [0.25, 0.3) is 5.56 Å². The van der Waals surface area contributed by atoms with Crippen LogP contribution in [0.15, 0.2) is 38.7 Å². The minimum absolute atomic E-state index is 0.0256. The van der Waals surface area contributed by atoms with Crippen molar-refractivity contribution in [3.05, 3.63) is 55.9 Å². The molecular formula is C24H32BrN3O3S. The number of aromatic nitrogens is 2. The van der Waals surface area contributed by atoms with Gasteiger partial charge in [0, 0.05) is 42.3 Å². The van der Waals surface area contributed by atoms with E-state index >= 15 is 0 Å². The zero-order chi connectivity index (χ0) is 23.4. The van der Waals surface area contributed by atoms with Crippen molar-refractivity contribution in [2.24, 2.45) is 7.05 Å². The second-order valence-corrected chi connectivity index (χ2v) is 10.6. The van der Waals surface area contributed by atoms with Crippen LogP contribution >= 0.6 is 27.7 Å². The molecule has 0 N–H and O–H groups in total. The summed E-state index contributed by atoms with van der Waals surface area (Å²) in [6, 6.07) is 7.96. The second kappa shape index (κ2) is 11.0. The van der Waals surface area contributed by atoms with Crippen LogP contribution in [0.3, 0.4) is 0 Å². The van der Waals surface area contributed by atoms with E-state index < -0.39 is 0 Å². The van der Waals surface area contributed by atoms with E-state index in [-0.39, 0.29) is 28.9 Å². The number of hydrogen-bond donors (Lipinski definition) is 0. The van der Waals surface area contributed by atoms with Crippen molar-refractivity contribution < 1.29 is 9.53 Å². The second-order valence-electron chi connectivity index (χ2n) is 8.52. The third-order valence-electron chi connectivity index (χ3n) is 5.65. The number of morpholine rings is 1. The van der Waals surface area contributed by atoms with Gasteiger partial charge in [0.1, 0.15) is 0 Å². The Balaban J connectivity index is 1.83. The van der Waals surface area contributed by atoms with Gasteiger partial charge in [0.2, 0.25) is 5.91 Å². The van der Waals surface area contributed by atoms with Crippen molar-refractivity contribution in [3.63, 3.8) is 0 Å². The van der Waals surface area contributed by atoms with Gasteiger partial charge in [-0.3, -0.25) is 14.2 Å². The first-order valence-electron chi connectivity index (χ1n) is 11.1. The molecule has 3 rings (SSSR count). The Kier molecular flexibility index (Phi) is 8.58. The van der Waals surface area contributed by atoms with Gasteiger partial charge in [-0.2, -0.15) is 0 Å². The molecule has 3 unspecified atom stereocenters. The van der Waals surface area contributed by atoms with Gasteiger partial charge in [0.15, 0.2) is 5.16 Å². The minimum atomic E-state index is -0.271. The quantitative estimate of drug-likeness (QED) is 0.400. The van der Waals surface area contributed by atoms with Gasteiger partial charge >= 0.3 is 0 Å². The average Bonchev–Trinajstić information content (AvgIpc) is 2.74. The van der Waals surface area contributed by atoms with Crippen molar-refractivity contribution in [3.8, 4) is 0 Å². The Morgan fingerprint density at radius 2 is 1.88 bits per heavy atom. The Labute approximate surface area is 202 Å². The Morgan fingerprint density at radius 1 is 1.25 bits per heavy atom. The number of halogens is 1. The predicted molar refractivity (Wildman–Crippen MR) is 132 cm³/mol. The maximum atomic E-state index is 13.3. The van der Waals surface area contributed by atoms with Crippen LogP contribution in [-0.4, -0.2) is 50.9 Å². The van der Waals surface area contributed by atoms with Crippen LogP contribution in [0.1, 0.15) is 50.4 Å². The highest BCUT2D eigenvalue weighted by molar-refractivity contribution is 9.10. The Morgan fingerprint density at radius 3 is 2.47 bits per heavy atom. The fourth-order valence-corrected chi connectivity index (χ4v) is 5.58. The van der Waals surface area contributed by atoms with Gasteiger partial charge in [-0.1, -0.05) is 53.2 Å². The van der Waals surface area contributed by atoms with Gasteiger partial charge in [-0.15, -0.1) is 0 Å². The highest BCUT2D eigenvalue weighted by atomic mass is 79.9. The lowest BCUT2D eigenvalue weighted by atomic mass is 10.1. The van der Waals surface area contributed by atoms with Gasteiger partial charge < -0.3 is 9.64 Å². The molecule has 0 spiro atoms. The van der Waals surface area contributed by atoms with E-state index in [1.165, 1.54) is 11.8 Å². The van der Waals surface area contributed by atoms with E-state index in [1.54, 1.807) is 11.6 Å². The molecule has 1 aromatic heterocycles. The maximum Gasteiger partial charge on any atom is 0.257 e. The molecular weight excluding hydrogens is 490 g/mol. The van der Waals surface area contributed by atoms with Crippen LogP contribution in [0.25, 0.3) is 0 Å². The smallest absolute Gasteiger partial charge is 0.257 e. The van der Waals surface area contributed by atoms with E-state index in [2.05, 4.69) is 22.9 Å². The molecule has 3 atom stereocenters. The molecule has 32 heavy (non-hydrogen) atoms. The standard InChI is InChI=1S/C24H32BrN3O3S/c1-6-7-21(23(30)28-13-15(2)31-16(3)14-28)32-24-26-17(4)20(22(29)27(24)5)12-18-8-10-19(25)11-9-18/h8-11,15-16,21H,6-7,12-14H2,1-5H3. The fraction of sp³-hybridized carbons (Fsp3) is 0.542. The van der Waals surface area contributed by atoms with Crippen molar-refractivity contribution in [2.75, 3.05) is 13.1 Å². The summed E-state index contributed by atoms with van der Waals surface area (Å²) in [5, 5.41) is 0.320. The summed E-state index contributed by atoms with van der Waals surface area (Å²) in [7, 11) is 1.74. The number of carbonyl (C=O) groups excluding carboxylic acids is 1. The van der Waals surface area contributed by atoms with E-state index in [0.29, 0.717) is 30.2 Å². The van der Waals surface area contributed by atoms with Crippen molar-refractivity contribution in [2.45, 2.75) is 69.6 Å². The lowest BCUT2D eigenvalue weighted by molar-refractivity contribution is -0.142. The lowest BCUT2D eigenvalue weighted by Gasteiger charge is -2.37. The summed E-state index contributed by atoms with van der Waals surface area (Å²) in [5.41, 5.74) is 2.41.